The van der Waals surface area contributed by atoms with Gasteiger partial charge in [0.15, 0.2) is 0 Å². The SMILES string of the molecule is OCc1ccc(CN2CCCN(P)CCN(P)CCCN(P)CC2)c(Br)c1. The van der Waals surface area contributed by atoms with Crippen molar-refractivity contribution in [3.8, 4) is 0 Å². The van der Waals surface area contributed by atoms with Crippen LogP contribution in [0, 0.1) is 0 Å². The fourth-order valence-corrected chi connectivity index (χ4v) is 4.61. The standard InChI is InChI=1S/C18H34BrN4OP3/c19-18-13-16(15-24)3-4-17(18)14-20-5-1-6-22(26)11-12-23(27)8-2-7-21(25)10-9-20/h3-4,13,24H,1-2,5-12,14-15,25-27H2. The summed E-state index contributed by atoms with van der Waals surface area (Å²) in [7, 11) is 8.64. The summed E-state index contributed by atoms with van der Waals surface area (Å²) in [6.07, 6.45) is 2.33. The smallest absolute Gasteiger partial charge is 0.0682 e. The zero-order valence-electron chi connectivity index (χ0n) is 16.1. The quantitative estimate of drug-likeness (QED) is 0.653. The van der Waals surface area contributed by atoms with Gasteiger partial charge in [-0.3, -0.25) is 18.9 Å². The van der Waals surface area contributed by atoms with Gasteiger partial charge in [0.25, 0.3) is 0 Å². The number of aliphatic hydroxyl groups is 1. The Bertz CT molecular complexity index is 569. The number of aliphatic hydroxyl groups excluding tert-OH is 1. The Kier molecular flexibility index (Phi) is 11.7. The molecule has 1 aliphatic heterocycles. The first-order chi connectivity index (χ1) is 13.0. The van der Waals surface area contributed by atoms with E-state index in [1.807, 2.05) is 12.1 Å². The third kappa shape index (κ3) is 9.43. The third-order valence-corrected chi connectivity index (χ3v) is 7.17. The largest absolute Gasteiger partial charge is 0.392 e. The highest BCUT2D eigenvalue weighted by Crippen LogP contribution is 2.21. The second-order valence-electron chi connectivity index (χ2n) is 7.18. The average molecular weight is 495 g/mol. The van der Waals surface area contributed by atoms with Crippen LogP contribution in [0.5, 0.6) is 0 Å². The molecule has 0 amide bonds. The molecule has 1 aromatic rings. The molecule has 1 aliphatic rings. The van der Waals surface area contributed by atoms with Gasteiger partial charge in [-0.25, -0.2) is 0 Å². The van der Waals surface area contributed by atoms with E-state index in [1.54, 1.807) is 0 Å². The predicted octanol–water partition coefficient (Wildman–Crippen LogP) is 2.81. The number of halogens is 1. The van der Waals surface area contributed by atoms with E-state index in [0.29, 0.717) is 0 Å². The summed E-state index contributed by atoms with van der Waals surface area (Å²) in [6.45, 7) is 9.68. The fourth-order valence-electron chi connectivity index (χ4n) is 3.16. The lowest BCUT2D eigenvalue weighted by Crippen LogP contribution is -2.35. The van der Waals surface area contributed by atoms with Gasteiger partial charge in [0.1, 0.15) is 0 Å². The van der Waals surface area contributed by atoms with Crippen LogP contribution in [-0.2, 0) is 13.2 Å². The zero-order valence-corrected chi connectivity index (χ0v) is 21.1. The molecule has 1 N–H and O–H groups in total. The first kappa shape index (κ1) is 24.1. The van der Waals surface area contributed by atoms with E-state index in [1.165, 1.54) is 12.0 Å². The van der Waals surface area contributed by atoms with Crippen LogP contribution in [0.25, 0.3) is 0 Å². The van der Waals surface area contributed by atoms with Gasteiger partial charge in [0, 0.05) is 56.8 Å². The van der Waals surface area contributed by atoms with Crippen molar-refractivity contribution in [3.63, 3.8) is 0 Å². The Morgan fingerprint density at radius 1 is 0.815 bits per heavy atom. The normalized spacial score (nSPS) is 21.2. The summed E-state index contributed by atoms with van der Waals surface area (Å²) in [5.41, 5.74) is 2.23. The summed E-state index contributed by atoms with van der Waals surface area (Å²) in [4.78, 5) is 2.54. The second-order valence-corrected chi connectivity index (χ2v) is 10.2. The van der Waals surface area contributed by atoms with E-state index in [-0.39, 0.29) is 6.61 Å². The molecule has 0 saturated carbocycles. The molecule has 154 valence electrons. The molecule has 0 radical (unpaired) electrons. The van der Waals surface area contributed by atoms with Crippen molar-refractivity contribution in [2.75, 3.05) is 52.4 Å². The minimum atomic E-state index is 0.0856. The molecule has 2 rings (SSSR count). The highest BCUT2D eigenvalue weighted by molar-refractivity contribution is 9.10. The van der Waals surface area contributed by atoms with Crippen molar-refractivity contribution >= 4 is 44.1 Å². The van der Waals surface area contributed by atoms with Crippen LogP contribution in [-0.4, -0.2) is 76.4 Å². The van der Waals surface area contributed by atoms with Crippen LogP contribution in [0.15, 0.2) is 22.7 Å². The van der Waals surface area contributed by atoms with Crippen LogP contribution < -0.4 is 0 Å². The Labute approximate surface area is 180 Å². The lowest BCUT2D eigenvalue weighted by molar-refractivity contribution is 0.230. The Hall–Kier alpha value is 0.790. The predicted molar refractivity (Wildman–Crippen MR) is 128 cm³/mol. The third-order valence-electron chi connectivity index (χ3n) is 4.88. The second kappa shape index (κ2) is 13.2. The van der Waals surface area contributed by atoms with Gasteiger partial charge in [-0.2, -0.15) is 0 Å². The molecule has 1 heterocycles. The van der Waals surface area contributed by atoms with Crippen molar-refractivity contribution < 1.29 is 5.11 Å². The first-order valence-corrected chi connectivity index (χ1v) is 11.9. The Morgan fingerprint density at radius 2 is 1.37 bits per heavy atom. The van der Waals surface area contributed by atoms with E-state index in [9.17, 15) is 5.11 Å². The molecule has 0 aromatic heterocycles. The maximum Gasteiger partial charge on any atom is 0.0682 e. The summed E-state index contributed by atoms with van der Waals surface area (Å²) >= 11 is 3.68. The van der Waals surface area contributed by atoms with Gasteiger partial charge in [0.05, 0.1) is 6.61 Å². The molecule has 1 fully saturated rings. The number of hydrogen-bond acceptors (Lipinski definition) is 5. The van der Waals surface area contributed by atoms with Crippen LogP contribution in [0.1, 0.15) is 24.0 Å². The summed E-state index contributed by atoms with van der Waals surface area (Å²) < 4.78 is 8.16. The van der Waals surface area contributed by atoms with Gasteiger partial charge < -0.3 is 5.11 Å². The van der Waals surface area contributed by atoms with Crippen molar-refractivity contribution in [2.45, 2.75) is 26.0 Å². The van der Waals surface area contributed by atoms with Crippen LogP contribution >= 0.6 is 44.1 Å². The highest BCUT2D eigenvalue weighted by Gasteiger charge is 2.12. The first-order valence-electron chi connectivity index (χ1n) is 9.57. The molecule has 3 atom stereocenters. The molecule has 1 saturated heterocycles. The van der Waals surface area contributed by atoms with Crippen LogP contribution in [0.3, 0.4) is 0 Å². The van der Waals surface area contributed by atoms with Gasteiger partial charge >= 0.3 is 0 Å². The van der Waals surface area contributed by atoms with Gasteiger partial charge in [-0.05, 0) is 36.6 Å². The summed E-state index contributed by atoms with van der Waals surface area (Å²) in [6, 6.07) is 6.18. The molecule has 1 aromatic carbocycles. The molecular weight excluding hydrogens is 461 g/mol. The summed E-state index contributed by atoms with van der Waals surface area (Å²) in [5.74, 6) is 0. The Morgan fingerprint density at radius 3 is 1.93 bits per heavy atom. The lowest BCUT2D eigenvalue weighted by atomic mass is 10.1. The maximum atomic E-state index is 9.31. The lowest BCUT2D eigenvalue weighted by Gasteiger charge is -2.28. The molecule has 5 nitrogen and oxygen atoms in total. The van der Waals surface area contributed by atoms with Gasteiger partial charge in [-0.1, -0.05) is 56.2 Å². The van der Waals surface area contributed by atoms with E-state index >= 15 is 0 Å². The Balaban J connectivity index is 1.98. The monoisotopic (exact) mass is 494 g/mol. The van der Waals surface area contributed by atoms with E-state index in [4.69, 9.17) is 0 Å². The number of nitrogens with zero attached hydrogens (tertiary/aromatic N) is 4. The molecule has 0 spiro atoms. The molecular formula is C18H34BrN4OP3. The van der Waals surface area contributed by atoms with Crippen molar-refractivity contribution in [1.29, 1.82) is 0 Å². The average Bonchev–Trinajstić information content (AvgIpc) is 2.65. The molecule has 9 heteroatoms. The summed E-state index contributed by atoms with van der Waals surface area (Å²) in [5, 5.41) is 9.31. The topological polar surface area (TPSA) is 33.2 Å². The minimum Gasteiger partial charge on any atom is -0.392 e. The highest BCUT2D eigenvalue weighted by atomic mass is 79.9. The molecule has 3 unspecified atom stereocenters. The molecule has 27 heavy (non-hydrogen) atoms. The van der Waals surface area contributed by atoms with Crippen LogP contribution in [0.2, 0.25) is 0 Å². The number of rotatable bonds is 3. The fraction of sp³-hybridized carbons (Fsp3) is 0.667. The van der Waals surface area contributed by atoms with Crippen LogP contribution in [0.4, 0.5) is 0 Å². The molecule has 0 bridgehead atoms. The van der Waals surface area contributed by atoms with Crippen molar-refractivity contribution in [2.24, 2.45) is 0 Å². The van der Waals surface area contributed by atoms with Gasteiger partial charge in [-0.15, -0.1) is 0 Å². The van der Waals surface area contributed by atoms with Gasteiger partial charge in [0.2, 0.25) is 0 Å². The number of hydrogen-bond donors (Lipinski definition) is 1. The molecule has 0 aliphatic carbocycles. The van der Waals surface area contributed by atoms with E-state index < -0.39 is 0 Å². The maximum absolute atomic E-state index is 9.31. The zero-order chi connectivity index (χ0) is 19.6. The minimum absolute atomic E-state index is 0.0856. The van der Waals surface area contributed by atoms with Crippen molar-refractivity contribution in [3.05, 3.63) is 33.8 Å². The van der Waals surface area contributed by atoms with E-state index in [2.05, 4.69) is 69.1 Å². The van der Waals surface area contributed by atoms with Crippen molar-refractivity contribution in [1.82, 2.24) is 18.9 Å². The van der Waals surface area contributed by atoms with E-state index in [0.717, 1.165) is 75.4 Å². The number of benzene rings is 1.